The second-order valence-corrected chi connectivity index (χ2v) is 10.4. The van der Waals surface area contributed by atoms with Crippen LogP contribution in [0.5, 0.6) is 0 Å². The van der Waals surface area contributed by atoms with Crippen LogP contribution in [0.2, 0.25) is 0 Å². The molecule has 5 aromatic rings. The largest absolute Gasteiger partial charge is 0.349 e. The molecular formula is C28H23N5O2S. The third kappa shape index (κ3) is 3.53. The summed E-state index contributed by atoms with van der Waals surface area (Å²) in [6.45, 7) is 1.36. The van der Waals surface area contributed by atoms with E-state index < -0.39 is 0 Å². The van der Waals surface area contributed by atoms with Gasteiger partial charge in [0.2, 0.25) is 0 Å². The Morgan fingerprint density at radius 1 is 0.944 bits per heavy atom. The lowest BCUT2D eigenvalue weighted by molar-refractivity contribution is 0.0774. The first-order valence-electron chi connectivity index (χ1n) is 12.0. The highest BCUT2D eigenvalue weighted by atomic mass is 32.1. The van der Waals surface area contributed by atoms with E-state index in [2.05, 4.69) is 10.3 Å². The molecule has 1 unspecified atom stereocenters. The van der Waals surface area contributed by atoms with E-state index in [0.717, 1.165) is 27.5 Å². The zero-order valence-corrected chi connectivity index (χ0v) is 20.1. The number of carbonyl (C=O) groups excluding carboxylic acids is 2. The molecule has 1 saturated heterocycles. The Balaban J connectivity index is 1.01. The van der Waals surface area contributed by atoms with Gasteiger partial charge in [0.1, 0.15) is 10.5 Å². The van der Waals surface area contributed by atoms with Crippen molar-refractivity contribution in [2.75, 3.05) is 13.1 Å². The number of piperidine rings is 1. The van der Waals surface area contributed by atoms with Crippen molar-refractivity contribution in [3.8, 4) is 16.9 Å². The number of imidazole rings is 1. The van der Waals surface area contributed by atoms with Crippen LogP contribution in [0.4, 0.5) is 0 Å². The molecule has 2 amide bonds. The number of carbonyl (C=O) groups is 2. The average Bonchev–Trinajstić information content (AvgIpc) is 3.55. The maximum absolute atomic E-state index is 13.2. The second kappa shape index (κ2) is 8.20. The average molecular weight is 494 g/mol. The van der Waals surface area contributed by atoms with Gasteiger partial charge in [-0.15, -0.1) is 11.3 Å². The van der Waals surface area contributed by atoms with Gasteiger partial charge in [0, 0.05) is 66.9 Å². The minimum absolute atomic E-state index is 0.0751. The number of likely N-dealkylation sites (tertiary alicyclic amines) is 1. The lowest BCUT2D eigenvalue weighted by atomic mass is 10.1. The van der Waals surface area contributed by atoms with Crippen molar-refractivity contribution in [3.63, 3.8) is 0 Å². The summed E-state index contributed by atoms with van der Waals surface area (Å²) in [7, 11) is 0. The normalized spacial score (nSPS) is 20.4. The highest BCUT2D eigenvalue weighted by Crippen LogP contribution is 2.46. The Morgan fingerprint density at radius 2 is 1.75 bits per heavy atom. The van der Waals surface area contributed by atoms with E-state index >= 15 is 0 Å². The van der Waals surface area contributed by atoms with Crippen LogP contribution in [0.15, 0.2) is 90.8 Å². The molecule has 178 valence electrons. The van der Waals surface area contributed by atoms with Crippen LogP contribution in [0, 0.1) is 11.8 Å². The van der Waals surface area contributed by atoms with Crippen molar-refractivity contribution in [1.29, 1.82) is 0 Å². The number of nitrogens with zero attached hydrogens (tertiary/aromatic N) is 4. The first-order chi connectivity index (χ1) is 17.7. The molecule has 1 aromatic carbocycles. The topological polar surface area (TPSA) is 71.6 Å². The van der Waals surface area contributed by atoms with Crippen molar-refractivity contribution in [2.45, 2.75) is 6.04 Å². The molecule has 0 radical (unpaired) electrons. The molecule has 2 fully saturated rings. The fourth-order valence-electron chi connectivity index (χ4n) is 5.34. The number of thiophene rings is 1. The predicted octanol–water partition coefficient (Wildman–Crippen LogP) is 4.35. The number of pyridine rings is 1. The summed E-state index contributed by atoms with van der Waals surface area (Å²) in [5.74, 6) is 0.626. The molecule has 1 aliphatic carbocycles. The van der Waals surface area contributed by atoms with Crippen molar-refractivity contribution < 1.29 is 9.59 Å². The van der Waals surface area contributed by atoms with Crippen LogP contribution >= 0.6 is 11.3 Å². The van der Waals surface area contributed by atoms with Gasteiger partial charge in [-0.3, -0.25) is 9.59 Å². The molecule has 7 nitrogen and oxygen atoms in total. The van der Waals surface area contributed by atoms with Crippen LogP contribution in [-0.2, 0) is 0 Å². The molecule has 1 aliphatic heterocycles. The van der Waals surface area contributed by atoms with Gasteiger partial charge in [-0.2, -0.15) is 0 Å². The van der Waals surface area contributed by atoms with Gasteiger partial charge in [0.25, 0.3) is 11.8 Å². The molecule has 1 N–H and O–H groups in total. The van der Waals surface area contributed by atoms with E-state index in [4.69, 9.17) is 0 Å². The molecule has 5 heterocycles. The Kier molecular flexibility index (Phi) is 4.82. The highest BCUT2D eigenvalue weighted by Gasteiger charge is 2.57. The maximum Gasteiger partial charge on any atom is 0.266 e. The first kappa shape index (κ1) is 21.1. The molecule has 7 rings (SSSR count). The third-order valence-electron chi connectivity index (χ3n) is 7.28. The molecule has 1 saturated carbocycles. The summed E-state index contributed by atoms with van der Waals surface area (Å²) in [5.41, 5.74) is 4.16. The fourth-order valence-corrected chi connectivity index (χ4v) is 6.20. The van der Waals surface area contributed by atoms with Gasteiger partial charge in [-0.25, -0.2) is 4.98 Å². The molecule has 4 aromatic heterocycles. The van der Waals surface area contributed by atoms with Crippen molar-refractivity contribution in [1.82, 2.24) is 24.2 Å². The number of hydrogen-bond donors (Lipinski definition) is 1. The number of rotatable bonds is 5. The van der Waals surface area contributed by atoms with Crippen LogP contribution in [0.3, 0.4) is 0 Å². The van der Waals surface area contributed by atoms with Gasteiger partial charge in [-0.05, 0) is 47.8 Å². The van der Waals surface area contributed by atoms with Crippen molar-refractivity contribution in [2.24, 2.45) is 11.8 Å². The van der Waals surface area contributed by atoms with E-state index in [1.165, 1.54) is 11.3 Å². The Bertz CT molecular complexity index is 1560. The zero-order valence-electron chi connectivity index (χ0n) is 19.3. The van der Waals surface area contributed by atoms with Gasteiger partial charge in [0.05, 0.1) is 11.4 Å². The summed E-state index contributed by atoms with van der Waals surface area (Å²) < 4.78 is 3.95. The lowest BCUT2D eigenvalue weighted by Gasteiger charge is -2.20. The standard InChI is InChI=1S/C28H23N5O2S/c34-27(19-7-5-6-18(14-19)22-17-32-12-2-1-8-24(32)29-22)30-25-20-15-33(16-21(20)25)28(35)26-23(9-13-36-26)31-10-3-4-11-31/h1-14,17,20-21,25H,15-16H2,(H,30,34)/t20-,21+,25?. The summed E-state index contributed by atoms with van der Waals surface area (Å²) in [6.07, 6.45) is 7.84. The quantitative estimate of drug-likeness (QED) is 0.396. The summed E-state index contributed by atoms with van der Waals surface area (Å²) in [4.78, 5) is 33.6. The molecule has 3 atom stereocenters. The van der Waals surface area contributed by atoms with E-state index in [0.29, 0.717) is 30.5 Å². The van der Waals surface area contributed by atoms with Gasteiger partial charge >= 0.3 is 0 Å². The molecule has 8 heteroatoms. The van der Waals surface area contributed by atoms with E-state index in [1.54, 1.807) is 0 Å². The minimum atomic E-state index is -0.0777. The highest BCUT2D eigenvalue weighted by molar-refractivity contribution is 7.12. The number of amides is 2. The molecule has 36 heavy (non-hydrogen) atoms. The molecule has 0 spiro atoms. The smallest absolute Gasteiger partial charge is 0.266 e. The number of aromatic nitrogens is 3. The Hall–Kier alpha value is -4.17. The molecular weight excluding hydrogens is 470 g/mol. The Morgan fingerprint density at radius 3 is 2.56 bits per heavy atom. The van der Waals surface area contributed by atoms with Gasteiger partial charge in [0.15, 0.2) is 0 Å². The predicted molar refractivity (Wildman–Crippen MR) is 138 cm³/mol. The number of nitrogens with one attached hydrogen (secondary N) is 1. The van der Waals surface area contributed by atoms with Crippen LogP contribution in [0.1, 0.15) is 20.0 Å². The molecule has 0 bridgehead atoms. The van der Waals surface area contributed by atoms with E-state index in [1.807, 2.05) is 105 Å². The fraction of sp³-hybridized carbons (Fsp3) is 0.179. The van der Waals surface area contributed by atoms with Crippen LogP contribution in [0.25, 0.3) is 22.6 Å². The van der Waals surface area contributed by atoms with E-state index in [9.17, 15) is 9.59 Å². The first-order valence-corrected chi connectivity index (χ1v) is 12.9. The third-order valence-corrected chi connectivity index (χ3v) is 8.18. The summed E-state index contributed by atoms with van der Waals surface area (Å²) >= 11 is 1.48. The van der Waals surface area contributed by atoms with Gasteiger partial charge in [-0.1, -0.05) is 18.2 Å². The Labute approximate surface area is 211 Å². The van der Waals surface area contributed by atoms with E-state index in [-0.39, 0.29) is 17.9 Å². The zero-order chi connectivity index (χ0) is 24.2. The maximum atomic E-state index is 13.2. The summed E-state index contributed by atoms with van der Waals surface area (Å²) in [6, 6.07) is 19.5. The van der Waals surface area contributed by atoms with Gasteiger partial charge < -0.3 is 19.2 Å². The minimum Gasteiger partial charge on any atom is -0.349 e. The lowest BCUT2D eigenvalue weighted by Crippen LogP contribution is -2.37. The summed E-state index contributed by atoms with van der Waals surface area (Å²) in [5, 5.41) is 5.16. The van der Waals surface area contributed by atoms with Crippen molar-refractivity contribution >= 4 is 28.8 Å². The molecule has 2 aliphatic rings. The number of hydrogen-bond acceptors (Lipinski definition) is 4. The van der Waals surface area contributed by atoms with Crippen molar-refractivity contribution in [3.05, 3.63) is 101 Å². The second-order valence-electron chi connectivity index (χ2n) is 9.44. The number of fused-ring (bicyclic) bond motifs is 2. The van der Waals surface area contributed by atoms with Crippen LogP contribution in [-0.4, -0.2) is 49.8 Å². The monoisotopic (exact) mass is 493 g/mol. The van der Waals surface area contributed by atoms with Crippen LogP contribution < -0.4 is 5.32 Å². The SMILES string of the molecule is O=C(NC1[C@H]2CN(C(=O)c3sccc3-n3cccc3)C[C@@H]12)c1cccc(-c2cn3ccccc3n2)c1. The number of benzene rings is 1.